The van der Waals surface area contributed by atoms with Gasteiger partial charge in [-0.05, 0) is 70.5 Å². The molecule has 0 fully saturated rings. The van der Waals surface area contributed by atoms with Crippen LogP contribution in [0.5, 0.6) is 0 Å². The van der Waals surface area contributed by atoms with E-state index in [1.165, 1.54) is 16.7 Å². The number of aromatic nitrogens is 9. The van der Waals surface area contributed by atoms with Gasteiger partial charge in [-0.3, -0.25) is 15.0 Å². The topological polar surface area (TPSA) is 116 Å². The van der Waals surface area contributed by atoms with Crippen LogP contribution in [0.15, 0.2) is 98.6 Å². The monoisotopic (exact) mass is 609 g/mol. The summed E-state index contributed by atoms with van der Waals surface area (Å²) in [5.41, 5.74) is 5.84. The van der Waals surface area contributed by atoms with Gasteiger partial charge in [-0.2, -0.15) is 20.4 Å². The second-order valence-electron chi connectivity index (χ2n) is 11.7. The quantitative estimate of drug-likeness (QED) is 0.193. The van der Waals surface area contributed by atoms with E-state index in [4.69, 9.17) is 0 Å². The lowest BCUT2D eigenvalue weighted by molar-refractivity contribution is 0.785. The van der Waals surface area contributed by atoms with Gasteiger partial charge in [0.2, 0.25) is 0 Å². The molecule has 0 spiro atoms. The third-order valence-electron chi connectivity index (χ3n) is 6.23. The van der Waals surface area contributed by atoms with Crippen LogP contribution in [0.25, 0.3) is 0 Å². The van der Waals surface area contributed by atoms with Crippen LogP contribution in [-0.2, 0) is 0 Å². The Morgan fingerprint density at radius 2 is 0.978 bits per heavy atom. The van der Waals surface area contributed by atoms with Crippen LogP contribution in [0, 0.1) is 0 Å². The SMILES string of the molecule is CC(C)c1cccnc1.CC(C)c1cccnn1.CC(C)c1ccnnc1.CC(C)c1cnccn1.CC(C)c1cncnc1. The van der Waals surface area contributed by atoms with Gasteiger partial charge in [-0.1, -0.05) is 75.3 Å². The van der Waals surface area contributed by atoms with Gasteiger partial charge in [0.05, 0.1) is 17.6 Å². The minimum Gasteiger partial charge on any atom is -0.264 e. The number of hydrogen-bond acceptors (Lipinski definition) is 9. The van der Waals surface area contributed by atoms with Crippen molar-refractivity contribution >= 4 is 0 Å². The fourth-order valence-corrected chi connectivity index (χ4v) is 3.20. The standard InChI is InChI=1S/C8H11N.4C7H10N2/c1-7(2)8-4-3-5-9-6-8;1-6(2)7-3-8-5-9-4-7;1-6(2)7-5-8-3-4-9-7;1-6(2)7-3-4-8-9-5-7;1-6(2)7-4-3-5-8-9-7/h3-7H,1-2H3;4*3-6H,1-2H3. The molecule has 5 aromatic rings. The minimum absolute atomic E-state index is 0.485. The lowest BCUT2D eigenvalue weighted by Gasteiger charge is -2.00. The molecule has 0 N–H and O–H groups in total. The van der Waals surface area contributed by atoms with E-state index in [1.807, 2.05) is 42.9 Å². The molecule has 0 saturated heterocycles. The molecule has 9 heteroatoms. The summed E-state index contributed by atoms with van der Waals surface area (Å²) in [6, 6.07) is 9.94. The van der Waals surface area contributed by atoms with Crippen LogP contribution in [0.1, 0.15) is 127 Å². The van der Waals surface area contributed by atoms with E-state index < -0.39 is 0 Å². The maximum Gasteiger partial charge on any atom is 0.115 e. The summed E-state index contributed by atoms with van der Waals surface area (Å²) in [6.07, 6.45) is 19.3. The lowest BCUT2D eigenvalue weighted by atomic mass is 10.1. The Labute approximate surface area is 270 Å². The van der Waals surface area contributed by atoms with Gasteiger partial charge in [-0.25, -0.2) is 9.97 Å². The smallest absolute Gasteiger partial charge is 0.115 e. The molecule has 0 aliphatic carbocycles. The van der Waals surface area contributed by atoms with Crippen molar-refractivity contribution in [2.24, 2.45) is 0 Å². The Kier molecular flexibility index (Phi) is 19.6. The molecular weight excluding hydrogens is 558 g/mol. The number of rotatable bonds is 5. The van der Waals surface area contributed by atoms with E-state index in [0.717, 1.165) is 11.4 Å². The van der Waals surface area contributed by atoms with Crippen molar-refractivity contribution in [3.05, 3.63) is 127 Å². The van der Waals surface area contributed by atoms with Crippen molar-refractivity contribution in [3.63, 3.8) is 0 Å². The third kappa shape index (κ3) is 18.0. The van der Waals surface area contributed by atoms with E-state index in [-0.39, 0.29) is 0 Å². The molecule has 0 atom stereocenters. The predicted molar refractivity (Wildman–Crippen MR) is 183 cm³/mol. The minimum atomic E-state index is 0.485. The largest absolute Gasteiger partial charge is 0.264 e. The molecular formula is C36H51N9. The highest BCUT2D eigenvalue weighted by Gasteiger charge is 1.98. The summed E-state index contributed by atoms with van der Waals surface area (Å²) >= 11 is 0. The first-order valence-corrected chi connectivity index (χ1v) is 15.5. The van der Waals surface area contributed by atoms with Crippen LogP contribution in [0.2, 0.25) is 0 Å². The molecule has 5 rings (SSSR count). The first-order valence-electron chi connectivity index (χ1n) is 15.5. The fraction of sp³-hybridized carbons (Fsp3) is 0.417. The molecule has 0 bridgehead atoms. The molecule has 9 nitrogen and oxygen atoms in total. The first-order chi connectivity index (χ1) is 21.5. The summed E-state index contributed by atoms with van der Waals surface area (Å²) in [5.74, 6) is 2.66. The summed E-state index contributed by atoms with van der Waals surface area (Å²) in [6.45, 7) is 21.3. The summed E-state index contributed by atoms with van der Waals surface area (Å²) in [4.78, 5) is 19.9. The molecule has 5 heterocycles. The van der Waals surface area contributed by atoms with Gasteiger partial charge in [0.1, 0.15) is 6.33 Å². The molecule has 45 heavy (non-hydrogen) atoms. The van der Waals surface area contributed by atoms with Crippen LogP contribution < -0.4 is 0 Å². The highest BCUT2D eigenvalue weighted by Crippen LogP contribution is 2.11. The Morgan fingerprint density at radius 3 is 1.31 bits per heavy atom. The van der Waals surface area contributed by atoms with E-state index in [2.05, 4.69) is 121 Å². The Hall–Kier alpha value is -4.53. The Morgan fingerprint density at radius 1 is 0.400 bits per heavy atom. The van der Waals surface area contributed by atoms with Gasteiger partial charge < -0.3 is 0 Å². The number of nitrogens with zero attached hydrogens (tertiary/aromatic N) is 9. The van der Waals surface area contributed by atoms with Crippen molar-refractivity contribution < 1.29 is 0 Å². The molecule has 0 aromatic carbocycles. The summed E-state index contributed by atoms with van der Waals surface area (Å²) in [5, 5.41) is 15.1. The lowest BCUT2D eigenvalue weighted by Crippen LogP contribution is -1.92. The van der Waals surface area contributed by atoms with Crippen LogP contribution in [0.3, 0.4) is 0 Å². The van der Waals surface area contributed by atoms with Crippen molar-refractivity contribution in [1.82, 2.24) is 45.3 Å². The highest BCUT2D eigenvalue weighted by molar-refractivity contribution is 5.12. The zero-order valence-corrected chi connectivity index (χ0v) is 28.6. The first kappa shape index (κ1) is 38.5. The number of pyridine rings is 1. The average molecular weight is 610 g/mol. The molecule has 0 radical (unpaired) electrons. The van der Waals surface area contributed by atoms with Gasteiger partial charge in [0.15, 0.2) is 0 Å². The molecule has 0 unspecified atom stereocenters. The molecule has 240 valence electrons. The van der Waals surface area contributed by atoms with E-state index in [1.54, 1.807) is 49.7 Å². The zero-order chi connectivity index (χ0) is 33.5. The van der Waals surface area contributed by atoms with E-state index >= 15 is 0 Å². The zero-order valence-electron chi connectivity index (χ0n) is 28.6. The van der Waals surface area contributed by atoms with Crippen LogP contribution in [0.4, 0.5) is 0 Å². The van der Waals surface area contributed by atoms with Crippen molar-refractivity contribution in [3.8, 4) is 0 Å². The fourth-order valence-electron chi connectivity index (χ4n) is 3.20. The van der Waals surface area contributed by atoms with Crippen molar-refractivity contribution in [2.75, 3.05) is 0 Å². The Bertz CT molecular complexity index is 1100. The van der Waals surface area contributed by atoms with Gasteiger partial charge >= 0.3 is 0 Å². The molecule has 0 amide bonds. The van der Waals surface area contributed by atoms with E-state index in [0.29, 0.717) is 29.6 Å². The summed E-state index contributed by atoms with van der Waals surface area (Å²) < 4.78 is 0. The van der Waals surface area contributed by atoms with Crippen molar-refractivity contribution in [2.45, 2.75) is 98.8 Å². The normalized spacial score (nSPS) is 10.1. The maximum absolute atomic E-state index is 4.12. The molecule has 0 saturated carbocycles. The molecule has 0 aliphatic rings. The third-order valence-corrected chi connectivity index (χ3v) is 6.23. The predicted octanol–water partition coefficient (Wildman–Crippen LogP) is 8.61. The second kappa shape index (κ2) is 22.9. The molecule has 5 aromatic heterocycles. The van der Waals surface area contributed by atoms with Gasteiger partial charge in [0, 0.05) is 55.8 Å². The average Bonchev–Trinajstić information content (AvgIpc) is 3.08. The highest BCUT2D eigenvalue weighted by atomic mass is 15.1. The van der Waals surface area contributed by atoms with Crippen molar-refractivity contribution in [1.29, 1.82) is 0 Å². The Balaban J connectivity index is 0.000000281. The van der Waals surface area contributed by atoms with Gasteiger partial charge in [0.25, 0.3) is 0 Å². The molecule has 0 aliphatic heterocycles. The second-order valence-corrected chi connectivity index (χ2v) is 11.7. The van der Waals surface area contributed by atoms with Crippen LogP contribution in [-0.4, -0.2) is 45.3 Å². The summed E-state index contributed by atoms with van der Waals surface area (Å²) in [7, 11) is 0. The van der Waals surface area contributed by atoms with E-state index in [9.17, 15) is 0 Å². The number of hydrogen-bond donors (Lipinski definition) is 0. The van der Waals surface area contributed by atoms with Crippen LogP contribution >= 0.6 is 0 Å². The van der Waals surface area contributed by atoms with Gasteiger partial charge in [-0.15, -0.1) is 0 Å². The maximum atomic E-state index is 4.12.